The van der Waals surface area contributed by atoms with Gasteiger partial charge in [-0.15, -0.1) is 12.4 Å². The third-order valence-electron chi connectivity index (χ3n) is 2.27. The summed E-state index contributed by atoms with van der Waals surface area (Å²) in [5.74, 6) is 0.946. The molecule has 0 saturated heterocycles. The van der Waals surface area contributed by atoms with E-state index in [-0.39, 0.29) is 12.4 Å². The number of nitrogen functional groups attached to an aromatic ring is 1. The van der Waals surface area contributed by atoms with Crippen molar-refractivity contribution >= 4 is 18.1 Å². The molecule has 0 aromatic heterocycles. The minimum absolute atomic E-state index is 0. The molecule has 0 atom stereocenters. The van der Waals surface area contributed by atoms with Gasteiger partial charge >= 0.3 is 0 Å². The number of nitrogens with two attached hydrogens (primary N) is 1. The summed E-state index contributed by atoms with van der Waals surface area (Å²) in [5, 5.41) is 0. The fraction of sp³-hybridized carbons (Fsp3) is 0.400. The van der Waals surface area contributed by atoms with Crippen LogP contribution in [0.25, 0.3) is 0 Å². The number of hydrogen-bond donors (Lipinski definition) is 1. The Morgan fingerprint density at radius 1 is 1.15 bits per heavy atom. The standard InChI is InChI=1S/C10H15NO.ClH/c1-6-5-9(11)7(2)8(3)10(6)12-4;/h5H,11H2,1-4H3;1H. The zero-order chi connectivity index (χ0) is 9.30. The third kappa shape index (κ3) is 2.07. The monoisotopic (exact) mass is 201 g/mol. The lowest BCUT2D eigenvalue weighted by Gasteiger charge is -2.12. The molecule has 0 spiro atoms. The molecule has 2 nitrogen and oxygen atoms in total. The Morgan fingerprint density at radius 2 is 1.69 bits per heavy atom. The van der Waals surface area contributed by atoms with E-state index in [0.717, 1.165) is 28.1 Å². The van der Waals surface area contributed by atoms with Crippen LogP contribution in [0.15, 0.2) is 6.07 Å². The molecule has 0 fully saturated rings. The molecule has 0 bridgehead atoms. The van der Waals surface area contributed by atoms with Crippen molar-refractivity contribution in [1.82, 2.24) is 0 Å². The van der Waals surface area contributed by atoms with Crippen LogP contribution in [0.4, 0.5) is 5.69 Å². The maximum Gasteiger partial charge on any atom is 0.125 e. The molecular weight excluding hydrogens is 186 g/mol. The quantitative estimate of drug-likeness (QED) is 0.709. The lowest BCUT2D eigenvalue weighted by molar-refractivity contribution is 0.408. The van der Waals surface area contributed by atoms with E-state index in [4.69, 9.17) is 10.5 Å². The Morgan fingerprint density at radius 3 is 2.15 bits per heavy atom. The second-order valence-corrected chi connectivity index (χ2v) is 3.07. The number of aryl methyl sites for hydroxylation is 1. The summed E-state index contributed by atoms with van der Waals surface area (Å²) in [5.41, 5.74) is 9.97. The van der Waals surface area contributed by atoms with E-state index in [0.29, 0.717) is 0 Å². The molecule has 1 rings (SSSR count). The van der Waals surface area contributed by atoms with Crippen molar-refractivity contribution in [2.45, 2.75) is 20.8 Å². The smallest absolute Gasteiger partial charge is 0.125 e. The largest absolute Gasteiger partial charge is 0.496 e. The highest BCUT2D eigenvalue weighted by Crippen LogP contribution is 2.29. The van der Waals surface area contributed by atoms with Gasteiger partial charge in [0.05, 0.1) is 7.11 Å². The van der Waals surface area contributed by atoms with Crippen LogP contribution in [0.2, 0.25) is 0 Å². The van der Waals surface area contributed by atoms with Crippen LogP contribution in [0.5, 0.6) is 5.75 Å². The van der Waals surface area contributed by atoms with Crippen molar-refractivity contribution in [2.24, 2.45) is 0 Å². The summed E-state index contributed by atoms with van der Waals surface area (Å²) in [6, 6.07) is 1.95. The SMILES string of the molecule is COc1c(C)cc(N)c(C)c1C.Cl. The van der Waals surface area contributed by atoms with E-state index in [1.807, 2.05) is 26.8 Å². The number of hydrogen-bond acceptors (Lipinski definition) is 2. The molecule has 74 valence electrons. The van der Waals surface area contributed by atoms with Crippen LogP contribution in [0, 0.1) is 20.8 Å². The number of rotatable bonds is 1. The van der Waals surface area contributed by atoms with Gasteiger partial charge in [-0.05, 0) is 43.5 Å². The highest BCUT2D eigenvalue weighted by Gasteiger charge is 2.07. The van der Waals surface area contributed by atoms with Crippen molar-refractivity contribution in [3.63, 3.8) is 0 Å². The maximum atomic E-state index is 5.79. The highest BCUT2D eigenvalue weighted by atomic mass is 35.5. The maximum absolute atomic E-state index is 5.79. The predicted octanol–water partition coefficient (Wildman–Crippen LogP) is 2.62. The van der Waals surface area contributed by atoms with Crippen LogP contribution in [0.3, 0.4) is 0 Å². The minimum atomic E-state index is 0. The predicted molar refractivity (Wildman–Crippen MR) is 58.9 cm³/mol. The van der Waals surface area contributed by atoms with Crippen LogP contribution < -0.4 is 10.5 Å². The summed E-state index contributed by atoms with van der Waals surface area (Å²) >= 11 is 0. The summed E-state index contributed by atoms with van der Waals surface area (Å²) in [6.07, 6.45) is 0. The van der Waals surface area contributed by atoms with Gasteiger partial charge in [0, 0.05) is 5.69 Å². The number of ether oxygens (including phenoxy) is 1. The molecule has 1 aromatic carbocycles. The Hall–Kier alpha value is -0.890. The first-order valence-electron chi connectivity index (χ1n) is 3.98. The Bertz CT molecular complexity index is 310. The first kappa shape index (κ1) is 12.1. The number of halogens is 1. The van der Waals surface area contributed by atoms with Gasteiger partial charge in [-0.1, -0.05) is 0 Å². The molecule has 1 aromatic rings. The van der Waals surface area contributed by atoms with Gasteiger partial charge in [-0.3, -0.25) is 0 Å². The Balaban J connectivity index is 0.00000144. The Kier molecular flexibility index (Phi) is 4.08. The van der Waals surface area contributed by atoms with E-state index in [1.165, 1.54) is 0 Å². The summed E-state index contributed by atoms with van der Waals surface area (Å²) in [7, 11) is 1.69. The number of methoxy groups -OCH3 is 1. The van der Waals surface area contributed by atoms with E-state index < -0.39 is 0 Å². The van der Waals surface area contributed by atoms with E-state index >= 15 is 0 Å². The summed E-state index contributed by atoms with van der Waals surface area (Å²) in [4.78, 5) is 0. The molecule has 0 heterocycles. The van der Waals surface area contributed by atoms with Crippen LogP contribution >= 0.6 is 12.4 Å². The van der Waals surface area contributed by atoms with Gasteiger partial charge in [0.15, 0.2) is 0 Å². The van der Waals surface area contributed by atoms with Gasteiger partial charge in [0.2, 0.25) is 0 Å². The van der Waals surface area contributed by atoms with E-state index in [9.17, 15) is 0 Å². The minimum Gasteiger partial charge on any atom is -0.496 e. The average Bonchev–Trinajstić information content (AvgIpc) is 2.01. The Labute approximate surface area is 85.5 Å². The molecule has 0 aliphatic heterocycles. The fourth-order valence-electron chi connectivity index (χ4n) is 1.40. The van der Waals surface area contributed by atoms with Gasteiger partial charge in [-0.25, -0.2) is 0 Å². The molecule has 0 amide bonds. The molecule has 2 N–H and O–H groups in total. The van der Waals surface area contributed by atoms with Crippen molar-refractivity contribution in [1.29, 1.82) is 0 Å². The number of benzene rings is 1. The third-order valence-corrected chi connectivity index (χ3v) is 2.27. The zero-order valence-electron chi connectivity index (χ0n) is 8.47. The molecule has 0 saturated carbocycles. The van der Waals surface area contributed by atoms with E-state index in [1.54, 1.807) is 7.11 Å². The molecule has 0 unspecified atom stereocenters. The van der Waals surface area contributed by atoms with Gasteiger partial charge in [0.1, 0.15) is 5.75 Å². The molecule has 0 aliphatic rings. The first-order chi connectivity index (χ1) is 5.57. The van der Waals surface area contributed by atoms with Crippen LogP contribution in [-0.4, -0.2) is 7.11 Å². The normalized spacial score (nSPS) is 9.23. The zero-order valence-corrected chi connectivity index (χ0v) is 9.29. The topological polar surface area (TPSA) is 35.2 Å². The van der Waals surface area contributed by atoms with Gasteiger partial charge in [-0.2, -0.15) is 0 Å². The second-order valence-electron chi connectivity index (χ2n) is 3.07. The molecule has 0 aliphatic carbocycles. The lowest BCUT2D eigenvalue weighted by Crippen LogP contribution is -1.98. The van der Waals surface area contributed by atoms with Crippen molar-refractivity contribution in [3.05, 3.63) is 22.8 Å². The van der Waals surface area contributed by atoms with E-state index in [2.05, 4.69) is 0 Å². The van der Waals surface area contributed by atoms with Crippen LogP contribution in [0.1, 0.15) is 16.7 Å². The summed E-state index contributed by atoms with van der Waals surface area (Å²) in [6.45, 7) is 6.03. The average molecular weight is 202 g/mol. The second kappa shape index (κ2) is 4.38. The van der Waals surface area contributed by atoms with Gasteiger partial charge in [0.25, 0.3) is 0 Å². The van der Waals surface area contributed by atoms with Crippen molar-refractivity contribution in [3.8, 4) is 5.75 Å². The van der Waals surface area contributed by atoms with Crippen LogP contribution in [-0.2, 0) is 0 Å². The number of anilines is 1. The van der Waals surface area contributed by atoms with Crippen molar-refractivity contribution in [2.75, 3.05) is 12.8 Å². The van der Waals surface area contributed by atoms with Gasteiger partial charge < -0.3 is 10.5 Å². The summed E-state index contributed by atoms with van der Waals surface area (Å²) < 4.78 is 5.26. The first-order valence-corrected chi connectivity index (χ1v) is 3.98. The fourth-order valence-corrected chi connectivity index (χ4v) is 1.40. The van der Waals surface area contributed by atoms with Crippen molar-refractivity contribution < 1.29 is 4.74 Å². The molecule has 0 radical (unpaired) electrons. The molecule has 13 heavy (non-hydrogen) atoms. The molecule has 3 heteroatoms. The highest BCUT2D eigenvalue weighted by molar-refractivity contribution is 5.85. The molecular formula is C10H16ClNO. The lowest BCUT2D eigenvalue weighted by atomic mass is 10.0.